The molecule has 1 aliphatic rings. The van der Waals surface area contributed by atoms with Gasteiger partial charge in [-0.2, -0.15) is 0 Å². The predicted octanol–water partition coefficient (Wildman–Crippen LogP) is 2.58. The van der Waals surface area contributed by atoms with E-state index in [2.05, 4.69) is 9.88 Å². The van der Waals surface area contributed by atoms with Crippen molar-refractivity contribution in [3.05, 3.63) is 59.5 Å². The molecule has 0 unspecified atom stereocenters. The molecule has 1 aromatic carbocycles. The number of rotatable bonds is 4. The Morgan fingerprint density at radius 3 is 2.72 bits per heavy atom. The van der Waals surface area contributed by atoms with E-state index in [-0.39, 0.29) is 11.7 Å². The fraction of sp³-hybridized carbons (Fsp3) is 0.368. The van der Waals surface area contributed by atoms with Gasteiger partial charge in [0.05, 0.1) is 7.11 Å². The van der Waals surface area contributed by atoms with E-state index in [9.17, 15) is 9.18 Å². The topological polar surface area (TPSA) is 45.7 Å². The van der Waals surface area contributed by atoms with E-state index in [0.29, 0.717) is 24.5 Å². The number of halogens is 1. The van der Waals surface area contributed by atoms with E-state index in [4.69, 9.17) is 4.74 Å². The Morgan fingerprint density at radius 2 is 1.96 bits per heavy atom. The van der Waals surface area contributed by atoms with Crippen LogP contribution in [0.25, 0.3) is 0 Å². The molecule has 0 saturated carbocycles. The highest BCUT2D eigenvalue weighted by Crippen LogP contribution is 2.18. The van der Waals surface area contributed by atoms with Crippen LogP contribution in [0.2, 0.25) is 0 Å². The molecule has 0 bridgehead atoms. The van der Waals surface area contributed by atoms with Crippen LogP contribution in [0.4, 0.5) is 4.39 Å². The molecule has 0 spiro atoms. The highest BCUT2D eigenvalue weighted by molar-refractivity contribution is 5.96. The smallest absolute Gasteiger partial charge is 0.259 e. The third-order valence-corrected chi connectivity index (χ3v) is 4.39. The minimum atomic E-state index is -0.221. The van der Waals surface area contributed by atoms with E-state index < -0.39 is 0 Å². The van der Waals surface area contributed by atoms with Gasteiger partial charge in [0.25, 0.3) is 5.91 Å². The molecule has 132 valence electrons. The van der Waals surface area contributed by atoms with Crippen molar-refractivity contribution in [2.24, 2.45) is 0 Å². The number of hydrogen-bond donors (Lipinski definition) is 0. The summed E-state index contributed by atoms with van der Waals surface area (Å²) in [5, 5.41) is 0. The van der Waals surface area contributed by atoms with E-state index in [1.165, 1.54) is 19.2 Å². The van der Waals surface area contributed by atoms with Gasteiger partial charge in [-0.1, -0.05) is 12.1 Å². The lowest BCUT2D eigenvalue weighted by Gasteiger charge is -2.22. The summed E-state index contributed by atoms with van der Waals surface area (Å²) in [5.74, 6) is 0.0929. The number of pyridine rings is 1. The second-order valence-electron chi connectivity index (χ2n) is 6.11. The van der Waals surface area contributed by atoms with Gasteiger partial charge in [0.2, 0.25) is 5.88 Å². The summed E-state index contributed by atoms with van der Waals surface area (Å²) in [5.41, 5.74) is 1.58. The van der Waals surface area contributed by atoms with Crippen molar-refractivity contribution in [3.63, 3.8) is 0 Å². The molecule has 0 atom stereocenters. The Kier molecular flexibility index (Phi) is 5.60. The molecule has 1 fully saturated rings. The highest BCUT2D eigenvalue weighted by atomic mass is 19.1. The Morgan fingerprint density at radius 1 is 1.16 bits per heavy atom. The monoisotopic (exact) mass is 343 g/mol. The molecular formula is C19H22FN3O2. The first-order chi connectivity index (χ1) is 12.2. The maximum absolute atomic E-state index is 13.0. The Labute approximate surface area is 147 Å². The first kappa shape index (κ1) is 17.4. The average Bonchev–Trinajstić information content (AvgIpc) is 2.88. The minimum absolute atomic E-state index is 0.0476. The molecule has 2 aromatic rings. The van der Waals surface area contributed by atoms with Crippen LogP contribution in [-0.4, -0.2) is 54.0 Å². The van der Waals surface area contributed by atoms with Crippen LogP contribution in [0.15, 0.2) is 42.6 Å². The number of hydrogen-bond acceptors (Lipinski definition) is 4. The zero-order chi connectivity index (χ0) is 17.6. The van der Waals surface area contributed by atoms with Gasteiger partial charge >= 0.3 is 0 Å². The predicted molar refractivity (Wildman–Crippen MR) is 93.0 cm³/mol. The van der Waals surface area contributed by atoms with E-state index in [1.807, 2.05) is 17.0 Å². The quantitative estimate of drug-likeness (QED) is 0.856. The SMILES string of the molecule is COc1ncccc1C(=O)N1CCCN(Cc2ccc(F)cc2)CC1. The van der Waals surface area contributed by atoms with Crippen molar-refractivity contribution in [1.82, 2.24) is 14.8 Å². The Hall–Kier alpha value is -2.47. The number of aromatic nitrogens is 1. The summed E-state index contributed by atoms with van der Waals surface area (Å²) < 4.78 is 18.2. The van der Waals surface area contributed by atoms with Crippen LogP contribution in [0.5, 0.6) is 5.88 Å². The number of carbonyl (C=O) groups excluding carboxylic acids is 1. The molecule has 0 N–H and O–H groups in total. The van der Waals surface area contributed by atoms with Gasteiger partial charge in [-0.3, -0.25) is 9.69 Å². The van der Waals surface area contributed by atoms with Crippen LogP contribution in [0, 0.1) is 5.82 Å². The zero-order valence-corrected chi connectivity index (χ0v) is 14.3. The van der Waals surface area contributed by atoms with Crippen LogP contribution in [-0.2, 0) is 6.54 Å². The number of benzene rings is 1. The van der Waals surface area contributed by atoms with Crippen molar-refractivity contribution in [1.29, 1.82) is 0 Å². The third kappa shape index (κ3) is 4.33. The molecule has 1 saturated heterocycles. The summed E-state index contributed by atoms with van der Waals surface area (Å²) in [7, 11) is 1.52. The number of nitrogens with zero attached hydrogens (tertiary/aromatic N) is 3. The molecule has 2 heterocycles. The fourth-order valence-electron chi connectivity index (χ4n) is 3.07. The van der Waals surface area contributed by atoms with E-state index in [0.717, 1.165) is 31.6 Å². The van der Waals surface area contributed by atoms with Crippen molar-refractivity contribution < 1.29 is 13.9 Å². The third-order valence-electron chi connectivity index (χ3n) is 4.39. The van der Waals surface area contributed by atoms with Crippen molar-refractivity contribution in [2.45, 2.75) is 13.0 Å². The van der Waals surface area contributed by atoms with Gasteiger partial charge < -0.3 is 9.64 Å². The maximum Gasteiger partial charge on any atom is 0.259 e. The lowest BCUT2D eigenvalue weighted by atomic mass is 10.2. The van der Waals surface area contributed by atoms with Gasteiger partial charge in [0.1, 0.15) is 11.4 Å². The number of amides is 1. The van der Waals surface area contributed by atoms with Crippen LogP contribution in [0.1, 0.15) is 22.3 Å². The van der Waals surface area contributed by atoms with Crippen molar-refractivity contribution in [2.75, 3.05) is 33.3 Å². The van der Waals surface area contributed by atoms with Crippen molar-refractivity contribution in [3.8, 4) is 5.88 Å². The molecule has 6 heteroatoms. The van der Waals surface area contributed by atoms with Gasteiger partial charge in [-0.15, -0.1) is 0 Å². The molecule has 1 aromatic heterocycles. The largest absolute Gasteiger partial charge is 0.480 e. The molecule has 1 aliphatic heterocycles. The molecule has 3 rings (SSSR count). The number of carbonyl (C=O) groups is 1. The fourth-order valence-corrected chi connectivity index (χ4v) is 3.07. The van der Waals surface area contributed by atoms with Crippen LogP contribution in [0.3, 0.4) is 0 Å². The summed E-state index contributed by atoms with van der Waals surface area (Å²) in [4.78, 5) is 21.0. The van der Waals surface area contributed by atoms with Gasteiger partial charge in [0, 0.05) is 38.9 Å². The lowest BCUT2D eigenvalue weighted by molar-refractivity contribution is 0.0757. The first-order valence-electron chi connectivity index (χ1n) is 8.42. The highest BCUT2D eigenvalue weighted by Gasteiger charge is 2.23. The molecular weight excluding hydrogens is 321 g/mol. The normalized spacial score (nSPS) is 15.7. The standard InChI is InChI=1S/C19H22FN3O2/c1-25-18-17(4-2-9-21-18)19(24)23-11-3-10-22(12-13-23)14-15-5-7-16(20)8-6-15/h2,4-9H,3,10-14H2,1H3. The Bertz CT molecular complexity index is 721. The zero-order valence-electron chi connectivity index (χ0n) is 14.3. The molecule has 25 heavy (non-hydrogen) atoms. The van der Waals surface area contributed by atoms with Gasteiger partial charge in [-0.25, -0.2) is 9.37 Å². The van der Waals surface area contributed by atoms with Crippen LogP contribution >= 0.6 is 0 Å². The molecule has 1 amide bonds. The summed E-state index contributed by atoms with van der Waals surface area (Å²) in [6.45, 7) is 3.81. The number of ether oxygens (including phenoxy) is 1. The molecule has 0 radical (unpaired) electrons. The minimum Gasteiger partial charge on any atom is -0.480 e. The molecule has 5 nitrogen and oxygen atoms in total. The summed E-state index contributed by atoms with van der Waals surface area (Å²) >= 11 is 0. The lowest BCUT2D eigenvalue weighted by Crippen LogP contribution is -2.35. The number of methoxy groups -OCH3 is 1. The second-order valence-corrected chi connectivity index (χ2v) is 6.11. The average molecular weight is 343 g/mol. The summed E-state index contributed by atoms with van der Waals surface area (Å²) in [6.07, 6.45) is 2.51. The first-order valence-corrected chi connectivity index (χ1v) is 8.42. The maximum atomic E-state index is 13.0. The van der Waals surface area contributed by atoms with Crippen molar-refractivity contribution >= 4 is 5.91 Å². The van der Waals surface area contributed by atoms with Gasteiger partial charge in [0.15, 0.2) is 0 Å². The van der Waals surface area contributed by atoms with Crippen LogP contribution < -0.4 is 4.74 Å². The summed E-state index contributed by atoms with van der Waals surface area (Å²) in [6, 6.07) is 10.1. The molecule has 0 aliphatic carbocycles. The second kappa shape index (κ2) is 8.07. The van der Waals surface area contributed by atoms with E-state index in [1.54, 1.807) is 18.3 Å². The van der Waals surface area contributed by atoms with Gasteiger partial charge in [-0.05, 0) is 36.2 Å². The van der Waals surface area contributed by atoms with E-state index >= 15 is 0 Å². The Balaban J connectivity index is 1.63.